The lowest BCUT2D eigenvalue weighted by molar-refractivity contribution is 0.102. The highest BCUT2D eigenvalue weighted by molar-refractivity contribution is 6.11. The van der Waals surface area contributed by atoms with Crippen molar-refractivity contribution in [3.63, 3.8) is 0 Å². The molecule has 0 aliphatic heterocycles. The van der Waals surface area contributed by atoms with E-state index in [1.165, 1.54) is 0 Å². The van der Waals surface area contributed by atoms with E-state index in [9.17, 15) is 9.59 Å². The summed E-state index contributed by atoms with van der Waals surface area (Å²) < 4.78 is 0. The van der Waals surface area contributed by atoms with Crippen molar-refractivity contribution in [3.05, 3.63) is 120 Å². The van der Waals surface area contributed by atoms with Crippen molar-refractivity contribution >= 4 is 34.6 Å². The van der Waals surface area contributed by atoms with Crippen LogP contribution in [0.2, 0.25) is 0 Å². The summed E-state index contributed by atoms with van der Waals surface area (Å²) in [6.07, 6.45) is 0. The van der Waals surface area contributed by atoms with Crippen molar-refractivity contribution in [1.82, 2.24) is 0 Å². The maximum Gasteiger partial charge on any atom is 0.257 e. The predicted molar refractivity (Wildman–Crippen MR) is 125 cm³/mol. The fraction of sp³-hybridized carbons (Fsp3) is 0. The third kappa shape index (κ3) is 4.97. The smallest absolute Gasteiger partial charge is 0.257 e. The molecule has 0 fully saturated rings. The number of nitrogens with one attached hydrogen (secondary N) is 3. The average Bonchev–Trinajstić information content (AvgIpc) is 2.81. The van der Waals surface area contributed by atoms with Crippen LogP contribution in [0.5, 0.6) is 0 Å². The number of hydrogen-bond acceptors (Lipinski definition) is 3. The maximum absolute atomic E-state index is 12.9. The zero-order valence-electron chi connectivity index (χ0n) is 16.7. The second-order valence-corrected chi connectivity index (χ2v) is 6.86. The van der Waals surface area contributed by atoms with Crippen LogP contribution < -0.4 is 16.0 Å². The first kappa shape index (κ1) is 19.9. The molecule has 152 valence electrons. The predicted octanol–water partition coefficient (Wildman–Crippen LogP) is 5.93. The Morgan fingerprint density at radius 2 is 0.806 bits per heavy atom. The topological polar surface area (TPSA) is 70.2 Å². The van der Waals surface area contributed by atoms with Crippen LogP contribution in [0, 0.1) is 0 Å². The van der Waals surface area contributed by atoms with Gasteiger partial charge >= 0.3 is 0 Å². The third-order valence-corrected chi connectivity index (χ3v) is 4.68. The van der Waals surface area contributed by atoms with Crippen LogP contribution in [0.4, 0.5) is 22.7 Å². The second-order valence-electron chi connectivity index (χ2n) is 6.86. The number of amides is 2. The monoisotopic (exact) mass is 407 g/mol. The molecule has 0 saturated heterocycles. The molecule has 5 heteroatoms. The van der Waals surface area contributed by atoms with Gasteiger partial charge in [0.25, 0.3) is 11.8 Å². The van der Waals surface area contributed by atoms with Crippen LogP contribution in [0.15, 0.2) is 109 Å². The standard InChI is InChI=1S/C26H21N3O2/c30-25(27-19-11-3-1-4-12-19)21-15-7-9-17-23(21)29-24-18-10-8-16-22(24)26(31)28-20-13-5-2-6-14-20/h1-18,29H,(H,27,30)(H,28,31). The van der Waals surface area contributed by atoms with E-state index < -0.39 is 0 Å². The minimum atomic E-state index is -0.236. The van der Waals surface area contributed by atoms with E-state index in [2.05, 4.69) is 16.0 Å². The van der Waals surface area contributed by atoms with Crippen LogP contribution in [0.1, 0.15) is 20.7 Å². The SMILES string of the molecule is O=C(Nc1ccccc1)c1ccccc1Nc1ccccc1C(=O)Nc1ccccc1. The van der Waals surface area contributed by atoms with Crippen LogP contribution in [-0.4, -0.2) is 11.8 Å². The van der Waals surface area contributed by atoms with Crippen molar-refractivity contribution in [2.45, 2.75) is 0 Å². The Bertz CT molecular complexity index is 1100. The number of carbonyl (C=O) groups is 2. The van der Waals surface area contributed by atoms with E-state index in [1.54, 1.807) is 24.3 Å². The zero-order chi connectivity index (χ0) is 21.5. The van der Waals surface area contributed by atoms with Crippen LogP contribution in [-0.2, 0) is 0 Å². The van der Waals surface area contributed by atoms with Gasteiger partial charge in [0.1, 0.15) is 0 Å². The Morgan fingerprint density at radius 3 is 1.23 bits per heavy atom. The number of para-hydroxylation sites is 4. The molecule has 0 aliphatic carbocycles. The minimum Gasteiger partial charge on any atom is -0.354 e. The highest BCUT2D eigenvalue weighted by Crippen LogP contribution is 2.25. The van der Waals surface area contributed by atoms with Crippen molar-refractivity contribution in [3.8, 4) is 0 Å². The summed E-state index contributed by atoms with van der Waals surface area (Å²) >= 11 is 0. The van der Waals surface area contributed by atoms with Crippen molar-refractivity contribution in [2.24, 2.45) is 0 Å². The molecule has 0 aliphatic rings. The molecule has 4 aromatic rings. The lowest BCUT2D eigenvalue weighted by Gasteiger charge is -2.15. The van der Waals surface area contributed by atoms with E-state index in [0.717, 1.165) is 0 Å². The van der Waals surface area contributed by atoms with E-state index in [-0.39, 0.29) is 11.8 Å². The lowest BCUT2D eigenvalue weighted by Crippen LogP contribution is -2.16. The molecular formula is C26H21N3O2. The third-order valence-electron chi connectivity index (χ3n) is 4.68. The van der Waals surface area contributed by atoms with Gasteiger partial charge in [-0.15, -0.1) is 0 Å². The fourth-order valence-corrected chi connectivity index (χ4v) is 3.17. The Morgan fingerprint density at radius 1 is 0.452 bits per heavy atom. The molecule has 0 atom stereocenters. The number of rotatable bonds is 6. The van der Waals surface area contributed by atoms with Gasteiger partial charge in [-0.25, -0.2) is 0 Å². The molecule has 2 amide bonds. The normalized spacial score (nSPS) is 10.2. The first-order valence-electron chi connectivity index (χ1n) is 9.88. The number of hydrogen-bond donors (Lipinski definition) is 3. The molecule has 0 saturated carbocycles. The number of anilines is 4. The summed E-state index contributed by atoms with van der Waals surface area (Å²) in [6.45, 7) is 0. The summed E-state index contributed by atoms with van der Waals surface area (Å²) in [5, 5.41) is 9.05. The van der Waals surface area contributed by atoms with Crippen LogP contribution in [0.25, 0.3) is 0 Å². The van der Waals surface area contributed by atoms with Gasteiger partial charge in [-0.3, -0.25) is 9.59 Å². The van der Waals surface area contributed by atoms with Crippen molar-refractivity contribution in [2.75, 3.05) is 16.0 Å². The van der Waals surface area contributed by atoms with Gasteiger partial charge in [0.05, 0.1) is 22.5 Å². The Hall–Kier alpha value is -4.38. The molecule has 4 rings (SSSR count). The van der Waals surface area contributed by atoms with Gasteiger partial charge in [0, 0.05) is 11.4 Å². The van der Waals surface area contributed by atoms with Crippen LogP contribution in [0.3, 0.4) is 0 Å². The molecule has 3 N–H and O–H groups in total. The molecule has 31 heavy (non-hydrogen) atoms. The van der Waals surface area contributed by atoms with Gasteiger partial charge in [-0.1, -0.05) is 60.7 Å². The molecule has 0 bridgehead atoms. The highest BCUT2D eigenvalue weighted by atomic mass is 16.2. The first-order valence-corrected chi connectivity index (χ1v) is 9.88. The van der Waals surface area contributed by atoms with E-state index >= 15 is 0 Å². The van der Waals surface area contributed by atoms with Crippen molar-refractivity contribution in [1.29, 1.82) is 0 Å². The summed E-state index contributed by atoms with van der Waals surface area (Å²) in [4.78, 5) is 25.7. The minimum absolute atomic E-state index is 0.236. The molecule has 0 unspecified atom stereocenters. The summed E-state index contributed by atoms with van der Waals surface area (Å²) in [7, 11) is 0. The maximum atomic E-state index is 12.9. The molecule has 0 aromatic heterocycles. The quantitative estimate of drug-likeness (QED) is 0.371. The zero-order valence-corrected chi connectivity index (χ0v) is 16.7. The largest absolute Gasteiger partial charge is 0.354 e. The second kappa shape index (κ2) is 9.41. The number of benzene rings is 4. The molecule has 4 aromatic carbocycles. The molecule has 0 radical (unpaired) electrons. The van der Waals surface area contributed by atoms with Gasteiger partial charge < -0.3 is 16.0 Å². The Labute approximate surface area is 180 Å². The fourth-order valence-electron chi connectivity index (χ4n) is 3.17. The van der Waals surface area contributed by atoms with Crippen molar-refractivity contribution < 1.29 is 9.59 Å². The molecule has 0 heterocycles. The molecule has 5 nitrogen and oxygen atoms in total. The average molecular weight is 407 g/mol. The van der Waals surface area contributed by atoms with E-state index in [0.29, 0.717) is 33.9 Å². The summed E-state index contributed by atoms with van der Waals surface area (Å²) in [6, 6.07) is 33.0. The molecule has 0 spiro atoms. The number of carbonyl (C=O) groups excluding carboxylic acids is 2. The summed E-state index contributed by atoms with van der Waals surface area (Å²) in [5.74, 6) is -0.471. The van der Waals surface area contributed by atoms with Crippen LogP contribution >= 0.6 is 0 Å². The summed E-state index contributed by atoms with van der Waals surface area (Å²) in [5.41, 5.74) is 3.59. The first-order chi connectivity index (χ1) is 15.2. The van der Waals surface area contributed by atoms with Gasteiger partial charge in [0.15, 0.2) is 0 Å². The van der Waals surface area contributed by atoms with Gasteiger partial charge in [0.2, 0.25) is 0 Å². The van der Waals surface area contributed by atoms with E-state index in [4.69, 9.17) is 0 Å². The lowest BCUT2D eigenvalue weighted by atomic mass is 10.1. The van der Waals surface area contributed by atoms with Gasteiger partial charge in [-0.2, -0.15) is 0 Å². The Kier molecular flexibility index (Phi) is 6.05. The van der Waals surface area contributed by atoms with Gasteiger partial charge in [-0.05, 0) is 48.5 Å². The highest BCUT2D eigenvalue weighted by Gasteiger charge is 2.15. The Balaban J connectivity index is 1.58. The molecular weight excluding hydrogens is 386 g/mol. The van der Waals surface area contributed by atoms with E-state index in [1.807, 2.05) is 84.9 Å².